The van der Waals surface area contributed by atoms with E-state index in [1.165, 1.54) is 21.5 Å². The monoisotopic (exact) mass is 1890 g/mol. The van der Waals surface area contributed by atoms with E-state index in [4.69, 9.17) is 17.7 Å². The van der Waals surface area contributed by atoms with Crippen molar-refractivity contribution in [3.05, 3.63) is 484 Å². The molecule has 13 heteroatoms. The van der Waals surface area contributed by atoms with Crippen LogP contribution in [0.3, 0.4) is 0 Å². The molecular weight excluding hydrogens is 1810 g/mol. The minimum absolute atomic E-state index is 0.623. The van der Waals surface area contributed by atoms with Crippen molar-refractivity contribution < 1.29 is 17.7 Å². The Balaban J connectivity index is 0.000000103. The molecule has 10 aromatic heterocycles. The predicted octanol–water partition coefficient (Wildman–Crippen LogP) is 35.9. The van der Waals surface area contributed by atoms with Crippen LogP contribution >= 0.6 is 0 Å². The minimum atomic E-state index is 0.623. The highest BCUT2D eigenvalue weighted by atomic mass is 16.3. The number of hydrogen-bond acceptors (Lipinski definition) is 7. The molecule has 0 atom stereocenters. The molecule has 0 aliphatic carbocycles. The fourth-order valence-corrected chi connectivity index (χ4v) is 23.8. The molecule has 0 spiro atoms. The van der Waals surface area contributed by atoms with E-state index < -0.39 is 0 Å². The maximum Gasteiger partial charge on any atom is 0.145 e. The van der Waals surface area contributed by atoms with E-state index in [0.29, 0.717) is 16.7 Å². The average Bonchev–Trinajstić information content (AvgIpc) is 1.56. The lowest BCUT2D eigenvalue weighted by molar-refractivity contribution is 0.672. The molecule has 32 rings (SSSR count). The van der Waals surface area contributed by atoms with Crippen molar-refractivity contribution in [2.75, 3.05) is 0 Å². The zero-order valence-electron chi connectivity index (χ0n) is 79.1. The highest BCUT2D eigenvalue weighted by Crippen LogP contribution is 2.50. The van der Waals surface area contributed by atoms with Gasteiger partial charge in [-0.1, -0.05) is 261 Å². The molecule has 0 amide bonds. The van der Waals surface area contributed by atoms with Gasteiger partial charge in [0.05, 0.1) is 123 Å². The molecule has 10 heterocycles. The quantitative estimate of drug-likeness (QED) is 0.139. The zero-order chi connectivity index (χ0) is 97.6. The Morgan fingerprint density at radius 3 is 0.723 bits per heavy atom. The van der Waals surface area contributed by atoms with Gasteiger partial charge in [0.2, 0.25) is 0 Å². The van der Waals surface area contributed by atoms with Gasteiger partial charge in [-0.05, 0) is 240 Å². The second-order valence-corrected chi connectivity index (χ2v) is 38.1. The van der Waals surface area contributed by atoms with Gasteiger partial charge in [-0.2, -0.15) is 15.8 Å². The summed E-state index contributed by atoms with van der Waals surface area (Å²) >= 11 is 0. The Labute approximate surface area is 843 Å². The van der Waals surface area contributed by atoms with Crippen molar-refractivity contribution in [2.45, 2.75) is 0 Å². The van der Waals surface area contributed by atoms with E-state index in [-0.39, 0.29) is 0 Å². The molecule has 13 nitrogen and oxygen atoms in total. The number of benzene rings is 22. The zero-order valence-corrected chi connectivity index (χ0v) is 79.1. The lowest BCUT2D eigenvalue weighted by Crippen LogP contribution is -2.00. The van der Waals surface area contributed by atoms with Crippen molar-refractivity contribution in [3.63, 3.8) is 0 Å². The molecule has 22 aromatic carbocycles. The molecular formula is C135H77N9O4. The van der Waals surface area contributed by atoms with Crippen molar-refractivity contribution in [1.82, 2.24) is 27.4 Å². The molecule has 148 heavy (non-hydrogen) atoms. The second kappa shape index (κ2) is 32.7. The maximum absolute atomic E-state index is 10.3. The number of para-hydroxylation sites is 12. The summed E-state index contributed by atoms with van der Waals surface area (Å²) in [5.74, 6) is 0. The second-order valence-electron chi connectivity index (χ2n) is 38.1. The maximum atomic E-state index is 10.3. The van der Waals surface area contributed by atoms with Crippen molar-refractivity contribution in [1.29, 1.82) is 15.8 Å². The number of rotatable bonds is 9. The summed E-state index contributed by atoms with van der Waals surface area (Å²) in [5, 5.41) is 52.2. The first kappa shape index (κ1) is 83.1. The highest BCUT2D eigenvalue weighted by Gasteiger charge is 2.29. The minimum Gasteiger partial charge on any atom is -0.455 e. The molecule has 0 fully saturated rings. The number of aromatic nitrogens is 6. The summed E-state index contributed by atoms with van der Waals surface area (Å²) in [4.78, 5) is 0. The number of nitriles is 3. The SMILES string of the molecule is N#Cc1ccc(-c2cc(-n3c4ccccc4c4ccccc43)cc(-n3c4ccccc4c4c5oc6ccccc6c5ccc43)c2)cc1.N#Cc1cccc(-c2cc(-n3c4ccccc4c4ccccc43)cc(-n3c4ccccc4c4c5oc6ccccc6c5ccc43)c2)c1.N#Cc1ccccc1-c1cc(-n2c3ccccc3c3c4oc5ccccc5c4ccc32)cc(-n2c3ccccc3c3c4oc5ccccc5c4ccc32)c1. The standard InChI is InChI=1S/C49H27N3O2.2C43H25N3O/c50-28-29-11-1-2-12-33(29)30-25-31(51-40-17-7-3-15-38(40)46-42(51)23-21-36-34-13-5-9-19-44(34)53-48(36)46)27-32(26-30)52-41-18-8-4-16-39(41)47-43(52)24-22-37-35-14-6-10-20-45(35)54-49(37)47;44-26-27-10-9-11-28(22-27)29-23-30(45-37-16-5-1-12-32(37)33-13-2-6-17-38(33)45)25-31(24-29)46-39-18-7-3-15-36(39)42-40(46)21-20-35-34-14-4-8-19-41(34)47-43(35)42;44-26-27-17-19-28(20-18-27)29-23-30(45-37-13-5-1-9-32(37)33-10-2-6-14-38(33)45)25-31(24-29)46-39-15-7-3-12-36(39)42-40(46)22-21-35-34-11-4-8-16-41(34)47-43(35)42/h1-27H;2*1-25H. The van der Waals surface area contributed by atoms with E-state index in [2.05, 4.69) is 397 Å². The summed E-state index contributed by atoms with van der Waals surface area (Å²) in [5.41, 5.74) is 34.4. The average molecular weight is 1890 g/mol. The first-order chi connectivity index (χ1) is 73.3. The van der Waals surface area contributed by atoms with Crippen LogP contribution in [0, 0.1) is 34.0 Å². The lowest BCUT2D eigenvalue weighted by Gasteiger charge is -2.16. The van der Waals surface area contributed by atoms with Crippen LogP contribution < -0.4 is 0 Å². The van der Waals surface area contributed by atoms with Gasteiger partial charge in [0.1, 0.15) is 44.7 Å². The van der Waals surface area contributed by atoms with Gasteiger partial charge in [0, 0.05) is 120 Å². The smallest absolute Gasteiger partial charge is 0.145 e. The van der Waals surface area contributed by atoms with Gasteiger partial charge in [-0.3, -0.25) is 0 Å². The van der Waals surface area contributed by atoms with Crippen molar-refractivity contribution in [2.24, 2.45) is 0 Å². The van der Waals surface area contributed by atoms with E-state index in [1.54, 1.807) is 0 Å². The Kier molecular flexibility index (Phi) is 18.4. The van der Waals surface area contributed by atoms with Crippen LogP contribution in [0.4, 0.5) is 0 Å². The summed E-state index contributed by atoms with van der Waals surface area (Å²) < 4.78 is 40.5. The van der Waals surface area contributed by atoms with Crippen LogP contribution in [-0.2, 0) is 0 Å². The van der Waals surface area contributed by atoms with Crippen molar-refractivity contribution >= 4 is 219 Å². The van der Waals surface area contributed by atoms with Crippen LogP contribution in [-0.4, -0.2) is 27.4 Å². The first-order valence-corrected chi connectivity index (χ1v) is 49.6. The fourth-order valence-electron chi connectivity index (χ4n) is 23.8. The van der Waals surface area contributed by atoms with Gasteiger partial charge in [0.25, 0.3) is 0 Å². The highest BCUT2D eigenvalue weighted by molar-refractivity contribution is 6.29. The van der Waals surface area contributed by atoms with Crippen LogP contribution in [0.15, 0.2) is 485 Å². The third kappa shape index (κ3) is 12.6. The van der Waals surface area contributed by atoms with Crippen LogP contribution in [0.5, 0.6) is 0 Å². The summed E-state index contributed by atoms with van der Waals surface area (Å²) in [6.45, 7) is 0. The van der Waals surface area contributed by atoms with E-state index in [1.807, 2.05) is 115 Å². The number of fused-ring (bicyclic) bond motifs is 34. The number of furan rings is 4. The molecule has 0 N–H and O–H groups in total. The van der Waals surface area contributed by atoms with Crippen molar-refractivity contribution in [3.8, 4) is 85.7 Å². The summed E-state index contributed by atoms with van der Waals surface area (Å²) in [7, 11) is 0. The Morgan fingerprint density at radius 1 is 0.155 bits per heavy atom. The van der Waals surface area contributed by atoms with E-state index >= 15 is 0 Å². The Hall–Kier alpha value is -20.7. The third-order valence-corrected chi connectivity index (χ3v) is 30.2. The summed E-state index contributed by atoms with van der Waals surface area (Å²) in [6.07, 6.45) is 0. The molecule has 0 aliphatic rings. The van der Waals surface area contributed by atoms with Gasteiger partial charge in [0.15, 0.2) is 0 Å². The number of nitrogens with zero attached hydrogens (tertiary/aromatic N) is 9. The molecule has 0 radical (unpaired) electrons. The number of hydrogen-bond donors (Lipinski definition) is 0. The third-order valence-electron chi connectivity index (χ3n) is 30.2. The molecule has 0 saturated carbocycles. The van der Waals surface area contributed by atoms with E-state index in [0.717, 1.165) is 265 Å². The van der Waals surface area contributed by atoms with Gasteiger partial charge in [-0.25, -0.2) is 0 Å². The topological polar surface area (TPSA) is 154 Å². The Morgan fingerprint density at radius 2 is 0.412 bits per heavy atom. The fraction of sp³-hybridized carbons (Fsp3) is 0. The molecule has 0 saturated heterocycles. The van der Waals surface area contributed by atoms with Crippen LogP contribution in [0.25, 0.3) is 286 Å². The van der Waals surface area contributed by atoms with Gasteiger partial charge < -0.3 is 45.1 Å². The normalized spacial score (nSPS) is 11.9. The lowest BCUT2D eigenvalue weighted by atomic mass is 9.99. The molecule has 0 aliphatic heterocycles. The largest absolute Gasteiger partial charge is 0.455 e. The molecule has 0 unspecified atom stereocenters. The first-order valence-electron chi connectivity index (χ1n) is 49.6. The van der Waals surface area contributed by atoms with E-state index in [9.17, 15) is 15.8 Å². The Bertz CT molecular complexity index is 11100. The predicted molar refractivity (Wildman–Crippen MR) is 605 cm³/mol. The molecule has 32 aromatic rings. The van der Waals surface area contributed by atoms with Gasteiger partial charge >= 0.3 is 0 Å². The summed E-state index contributed by atoms with van der Waals surface area (Å²) in [6, 6.07) is 170. The molecule has 686 valence electrons. The van der Waals surface area contributed by atoms with Crippen LogP contribution in [0.2, 0.25) is 0 Å². The van der Waals surface area contributed by atoms with Gasteiger partial charge in [-0.15, -0.1) is 0 Å². The molecule has 0 bridgehead atoms. The van der Waals surface area contributed by atoms with Crippen LogP contribution in [0.1, 0.15) is 16.7 Å².